The van der Waals surface area contributed by atoms with E-state index in [0.717, 1.165) is 24.6 Å². The number of nitrogens with one attached hydrogen (secondary N) is 1. The number of nitrogens with two attached hydrogens (primary N) is 2. The van der Waals surface area contributed by atoms with E-state index < -0.39 is 0 Å². The fourth-order valence-electron chi connectivity index (χ4n) is 2.32. The molecule has 1 heterocycles. The molecule has 0 aromatic rings. The fraction of sp³-hybridized carbons (Fsp3) is 0.467. The van der Waals surface area contributed by atoms with Crippen LogP contribution < -0.4 is 16.8 Å². The lowest BCUT2D eigenvalue weighted by Gasteiger charge is -2.31. The highest BCUT2D eigenvalue weighted by molar-refractivity contribution is 7.99. The molecule has 1 aliphatic heterocycles. The molecular weight excluding hydrogens is 306 g/mol. The Kier molecular flexibility index (Phi) is 6.33. The third-order valence-electron chi connectivity index (χ3n) is 3.52. The number of halogens is 2. The molecule has 0 aromatic carbocycles. The minimum atomic E-state index is -0.321. The van der Waals surface area contributed by atoms with Crippen LogP contribution in [0.1, 0.15) is 12.8 Å². The van der Waals surface area contributed by atoms with E-state index in [1.165, 1.54) is 18.4 Å². The van der Waals surface area contributed by atoms with E-state index >= 15 is 0 Å². The Hall–Kier alpha value is -1.47. The Balaban J connectivity index is 2.23. The van der Waals surface area contributed by atoms with Crippen LogP contribution >= 0.6 is 11.8 Å². The highest BCUT2D eigenvalue weighted by atomic mass is 32.2. The van der Waals surface area contributed by atoms with E-state index in [9.17, 15) is 8.78 Å². The molecule has 4 nitrogen and oxygen atoms in total. The Bertz CT molecular complexity index is 520. The van der Waals surface area contributed by atoms with Crippen molar-refractivity contribution in [1.82, 2.24) is 10.2 Å². The van der Waals surface area contributed by atoms with Crippen LogP contribution in [0.15, 0.2) is 47.1 Å². The molecule has 1 aliphatic carbocycles. The van der Waals surface area contributed by atoms with Crippen molar-refractivity contribution >= 4 is 11.8 Å². The molecule has 2 aliphatic rings. The maximum atomic E-state index is 14.5. The first-order valence-electron chi connectivity index (χ1n) is 7.30. The molecule has 1 saturated heterocycles. The van der Waals surface area contributed by atoms with Crippen molar-refractivity contribution in [2.24, 2.45) is 11.5 Å². The highest BCUT2D eigenvalue weighted by Crippen LogP contribution is 2.27. The van der Waals surface area contributed by atoms with Gasteiger partial charge in [0.05, 0.1) is 5.70 Å². The second-order valence-electron chi connectivity index (χ2n) is 5.15. The first-order valence-corrected chi connectivity index (χ1v) is 8.46. The Morgan fingerprint density at radius 2 is 2.00 bits per heavy atom. The van der Waals surface area contributed by atoms with Crippen molar-refractivity contribution in [3.05, 3.63) is 47.1 Å². The third kappa shape index (κ3) is 4.78. The molecule has 0 aromatic heterocycles. The molecule has 122 valence electrons. The normalized spacial score (nSPS) is 29.0. The van der Waals surface area contributed by atoms with Gasteiger partial charge in [-0.25, -0.2) is 8.78 Å². The molecule has 1 fully saturated rings. The van der Waals surface area contributed by atoms with Crippen molar-refractivity contribution in [1.29, 1.82) is 0 Å². The van der Waals surface area contributed by atoms with Crippen LogP contribution in [-0.4, -0.2) is 36.0 Å². The highest BCUT2D eigenvalue weighted by Gasteiger charge is 2.19. The first kappa shape index (κ1) is 16.9. The predicted octanol–water partition coefficient (Wildman–Crippen LogP) is 2.10. The summed E-state index contributed by atoms with van der Waals surface area (Å²) in [6, 6.07) is 0. The van der Waals surface area contributed by atoms with Gasteiger partial charge in [-0.05, 0) is 18.6 Å². The second kappa shape index (κ2) is 8.24. The molecule has 22 heavy (non-hydrogen) atoms. The summed E-state index contributed by atoms with van der Waals surface area (Å²) in [6.07, 6.45) is 4.64. The zero-order valence-corrected chi connectivity index (χ0v) is 13.3. The Labute approximate surface area is 134 Å². The number of thioether (sulfide) groups is 1. The van der Waals surface area contributed by atoms with E-state index in [-0.39, 0.29) is 24.6 Å². The molecule has 0 unspecified atom stereocenters. The lowest BCUT2D eigenvalue weighted by atomic mass is 10.1. The van der Waals surface area contributed by atoms with Crippen LogP contribution in [0.5, 0.6) is 0 Å². The van der Waals surface area contributed by atoms with Crippen LogP contribution in [0.3, 0.4) is 0 Å². The summed E-state index contributed by atoms with van der Waals surface area (Å²) in [5, 5.41) is 2.81. The van der Waals surface area contributed by atoms with Crippen molar-refractivity contribution < 1.29 is 8.78 Å². The maximum Gasteiger partial charge on any atom is 0.144 e. The van der Waals surface area contributed by atoms with Crippen molar-refractivity contribution in [2.45, 2.75) is 12.8 Å². The van der Waals surface area contributed by atoms with Gasteiger partial charge < -0.3 is 21.7 Å². The average Bonchev–Trinajstić information content (AvgIpc) is 2.52. The quantitative estimate of drug-likeness (QED) is 0.737. The third-order valence-corrected chi connectivity index (χ3v) is 4.47. The monoisotopic (exact) mass is 328 g/mol. The minimum absolute atomic E-state index is 0.182. The van der Waals surface area contributed by atoms with E-state index in [1.807, 2.05) is 16.7 Å². The van der Waals surface area contributed by atoms with Gasteiger partial charge in [-0.3, -0.25) is 0 Å². The fourth-order valence-corrected chi connectivity index (χ4v) is 3.22. The molecular formula is C15H22F2N4S. The molecule has 0 atom stereocenters. The summed E-state index contributed by atoms with van der Waals surface area (Å²) in [5.41, 5.74) is 12.3. The van der Waals surface area contributed by atoms with Gasteiger partial charge in [0.25, 0.3) is 0 Å². The average molecular weight is 328 g/mol. The number of rotatable bonds is 4. The Morgan fingerprint density at radius 3 is 2.68 bits per heavy atom. The van der Waals surface area contributed by atoms with Gasteiger partial charge in [0.1, 0.15) is 11.7 Å². The van der Waals surface area contributed by atoms with Crippen LogP contribution in [0.4, 0.5) is 8.78 Å². The van der Waals surface area contributed by atoms with Gasteiger partial charge in [-0.15, -0.1) is 0 Å². The van der Waals surface area contributed by atoms with Gasteiger partial charge in [-0.2, -0.15) is 11.8 Å². The SMILES string of the molecule is NC/C(N)=C/NC1=C/C(F)=C(/N2CCSCC2)CC/C(F)=C\1. The van der Waals surface area contributed by atoms with Gasteiger partial charge in [0.15, 0.2) is 0 Å². The van der Waals surface area contributed by atoms with E-state index in [4.69, 9.17) is 11.5 Å². The molecule has 0 radical (unpaired) electrons. The molecule has 0 bridgehead atoms. The zero-order chi connectivity index (χ0) is 15.9. The molecule has 0 saturated carbocycles. The van der Waals surface area contributed by atoms with Crippen molar-refractivity contribution in [3.63, 3.8) is 0 Å². The lowest BCUT2D eigenvalue weighted by molar-refractivity contribution is 0.347. The summed E-state index contributed by atoms with van der Waals surface area (Å²) in [5.74, 6) is 1.34. The summed E-state index contributed by atoms with van der Waals surface area (Å²) in [4.78, 5) is 2.02. The van der Waals surface area contributed by atoms with Crippen LogP contribution in [-0.2, 0) is 0 Å². The number of nitrogens with zero attached hydrogens (tertiary/aromatic N) is 1. The predicted molar refractivity (Wildman–Crippen MR) is 88.0 cm³/mol. The molecule has 2 rings (SSSR count). The molecule has 0 spiro atoms. The van der Waals surface area contributed by atoms with Gasteiger partial charge in [0, 0.05) is 55.2 Å². The standard InChI is InChI=1S/C15H22F2N4S/c16-11-1-2-15(21-3-5-22-6-4-21)14(17)8-13(7-11)20-10-12(19)9-18/h7-8,10,20H,1-6,9,18-19H2/b11-7+,12-10-,13-8+,15-14-. The maximum absolute atomic E-state index is 14.5. The van der Waals surface area contributed by atoms with Gasteiger partial charge in [0.2, 0.25) is 0 Å². The van der Waals surface area contributed by atoms with Crippen LogP contribution in [0.2, 0.25) is 0 Å². The zero-order valence-electron chi connectivity index (χ0n) is 12.4. The summed E-state index contributed by atoms with van der Waals surface area (Å²) >= 11 is 1.85. The number of hydrogen-bond acceptors (Lipinski definition) is 5. The number of allylic oxidation sites excluding steroid dienone is 5. The first-order chi connectivity index (χ1) is 10.6. The minimum Gasteiger partial charge on any atom is -0.400 e. The summed E-state index contributed by atoms with van der Waals surface area (Å²) in [6.45, 7) is 1.78. The van der Waals surface area contributed by atoms with E-state index in [0.29, 0.717) is 23.5 Å². The lowest BCUT2D eigenvalue weighted by Crippen LogP contribution is -2.32. The Morgan fingerprint density at radius 1 is 1.27 bits per heavy atom. The van der Waals surface area contributed by atoms with E-state index in [2.05, 4.69) is 5.32 Å². The number of hydrogen-bond donors (Lipinski definition) is 3. The summed E-state index contributed by atoms with van der Waals surface area (Å²) < 4.78 is 28.4. The summed E-state index contributed by atoms with van der Waals surface area (Å²) in [7, 11) is 0. The van der Waals surface area contributed by atoms with Crippen molar-refractivity contribution in [2.75, 3.05) is 31.1 Å². The van der Waals surface area contributed by atoms with Crippen molar-refractivity contribution in [3.8, 4) is 0 Å². The topological polar surface area (TPSA) is 67.3 Å². The van der Waals surface area contributed by atoms with Gasteiger partial charge in [-0.1, -0.05) is 0 Å². The van der Waals surface area contributed by atoms with Crippen LogP contribution in [0.25, 0.3) is 0 Å². The molecule has 7 heteroatoms. The smallest absolute Gasteiger partial charge is 0.144 e. The molecule has 5 N–H and O–H groups in total. The molecule has 0 amide bonds. The van der Waals surface area contributed by atoms with Crippen LogP contribution in [0, 0.1) is 0 Å². The second-order valence-corrected chi connectivity index (χ2v) is 6.38. The van der Waals surface area contributed by atoms with Gasteiger partial charge >= 0.3 is 0 Å². The largest absolute Gasteiger partial charge is 0.400 e. The van der Waals surface area contributed by atoms with E-state index in [1.54, 1.807) is 0 Å².